The molecule has 5 nitrogen and oxygen atoms in total. The molecular formula is C26H29FO5S. The van der Waals surface area contributed by atoms with Gasteiger partial charge in [0.05, 0.1) is 18.8 Å². The van der Waals surface area contributed by atoms with Crippen molar-refractivity contribution in [2.24, 2.45) is 0 Å². The van der Waals surface area contributed by atoms with Crippen molar-refractivity contribution < 1.29 is 29.2 Å². The number of hydrogen-bond donors (Lipinski definition) is 3. The van der Waals surface area contributed by atoms with Gasteiger partial charge in [-0.3, -0.25) is 0 Å². The topological polar surface area (TPSA) is 79.2 Å². The quantitative estimate of drug-likeness (QED) is 0.498. The van der Waals surface area contributed by atoms with E-state index in [1.54, 1.807) is 37.5 Å². The van der Waals surface area contributed by atoms with Gasteiger partial charge < -0.3 is 24.8 Å². The van der Waals surface area contributed by atoms with Crippen molar-refractivity contribution in [3.8, 4) is 10.4 Å². The fourth-order valence-corrected chi connectivity index (χ4v) is 5.58. The van der Waals surface area contributed by atoms with E-state index >= 15 is 0 Å². The molecule has 0 radical (unpaired) electrons. The average Bonchev–Trinajstić information content (AvgIpc) is 3.29. The van der Waals surface area contributed by atoms with Crippen LogP contribution < -0.4 is 0 Å². The first-order valence-corrected chi connectivity index (χ1v) is 11.7. The zero-order chi connectivity index (χ0) is 23.8. The minimum atomic E-state index is -1.18. The molecule has 0 spiro atoms. The molecule has 1 aliphatic rings. The fraction of sp³-hybridized carbons (Fsp3) is 0.385. The largest absolute Gasteiger partial charge is 0.394 e. The Bertz CT molecular complexity index is 1100. The first kappa shape index (κ1) is 24.0. The van der Waals surface area contributed by atoms with Crippen LogP contribution in [0.4, 0.5) is 4.39 Å². The molecule has 4 unspecified atom stereocenters. The van der Waals surface area contributed by atoms with Crippen molar-refractivity contribution in [2.75, 3.05) is 13.7 Å². The lowest BCUT2D eigenvalue weighted by Crippen LogP contribution is -2.55. The summed E-state index contributed by atoms with van der Waals surface area (Å²) >= 11 is 1.57. The number of rotatable bonds is 6. The Morgan fingerprint density at radius 1 is 1.15 bits per heavy atom. The summed E-state index contributed by atoms with van der Waals surface area (Å²) in [5.41, 5.74) is 2.38. The summed E-state index contributed by atoms with van der Waals surface area (Å²) in [5, 5.41) is 30.7. The van der Waals surface area contributed by atoms with Crippen LogP contribution in [0, 0.1) is 12.7 Å². The van der Waals surface area contributed by atoms with Crippen molar-refractivity contribution in [3.05, 3.63) is 82.0 Å². The van der Waals surface area contributed by atoms with Gasteiger partial charge >= 0.3 is 0 Å². The summed E-state index contributed by atoms with van der Waals surface area (Å²) < 4.78 is 25.2. The molecule has 2 heterocycles. The summed E-state index contributed by atoms with van der Waals surface area (Å²) in [6.45, 7) is 3.49. The molecule has 4 rings (SSSR count). The minimum absolute atomic E-state index is 0.175. The maximum atomic E-state index is 13.3. The Labute approximate surface area is 197 Å². The maximum absolute atomic E-state index is 13.3. The van der Waals surface area contributed by atoms with E-state index in [1.165, 1.54) is 12.1 Å². The third-order valence-corrected chi connectivity index (χ3v) is 7.61. The van der Waals surface area contributed by atoms with E-state index < -0.39 is 23.9 Å². The van der Waals surface area contributed by atoms with Crippen LogP contribution in [0.25, 0.3) is 10.4 Å². The van der Waals surface area contributed by atoms with Crippen LogP contribution in [0.2, 0.25) is 0 Å². The zero-order valence-corrected chi connectivity index (χ0v) is 19.7. The molecule has 0 amide bonds. The van der Waals surface area contributed by atoms with Crippen molar-refractivity contribution in [1.29, 1.82) is 0 Å². The summed E-state index contributed by atoms with van der Waals surface area (Å²) in [7, 11) is 1.65. The van der Waals surface area contributed by atoms with Gasteiger partial charge in [-0.25, -0.2) is 4.39 Å². The molecule has 0 saturated carbocycles. The lowest BCUT2D eigenvalue weighted by atomic mass is 9.81. The predicted molar refractivity (Wildman–Crippen MR) is 126 cm³/mol. The number of aryl methyl sites for hydroxylation is 1. The molecule has 1 fully saturated rings. The number of aliphatic hydroxyl groups excluding tert-OH is 3. The number of hydrogen-bond acceptors (Lipinski definition) is 6. The van der Waals surface area contributed by atoms with E-state index in [0.29, 0.717) is 5.56 Å². The van der Waals surface area contributed by atoms with Crippen molar-refractivity contribution >= 4 is 11.3 Å². The Morgan fingerprint density at radius 3 is 2.55 bits per heavy atom. The van der Waals surface area contributed by atoms with Crippen LogP contribution in [0.5, 0.6) is 0 Å². The fourth-order valence-electron chi connectivity index (χ4n) is 4.47. The van der Waals surface area contributed by atoms with Gasteiger partial charge in [-0.2, -0.15) is 0 Å². The molecule has 0 aliphatic carbocycles. The molecule has 1 aliphatic heterocycles. The van der Waals surface area contributed by atoms with Crippen LogP contribution in [-0.2, 0) is 15.1 Å². The molecule has 1 aromatic heterocycles. The number of halogens is 1. The Morgan fingerprint density at radius 2 is 1.88 bits per heavy atom. The average molecular weight is 473 g/mol. The third-order valence-electron chi connectivity index (χ3n) is 6.43. The SMILES string of the molecule is COC(c1ccc(-c2ccc(F)cc2)s1)c1cc(C2(C)OC(CO)CC(O)[C@H]2O)ccc1C. The molecule has 176 valence electrons. The van der Waals surface area contributed by atoms with E-state index in [2.05, 4.69) is 0 Å². The summed E-state index contributed by atoms with van der Waals surface area (Å²) in [6, 6.07) is 16.2. The smallest absolute Gasteiger partial charge is 0.123 e. The monoisotopic (exact) mass is 472 g/mol. The number of ether oxygens (including phenoxy) is 2. The molecule has 5 atom stereocenters. The highest BCUT2D eigenvalue weighted by atomic mass is 32.1. The number of aliphatic hydroxyl groups is 3. The standard InChI is InChI=1S/C26H29FO5S/c1-15-4-7-17(26(2)25(30)21(29)13-19(14-28)32-26)12-20(15)24(31-3)23-11-10-22(33-23)16-5-8-18(27)9-6-16/h4-12,19,21,24-25,28-30H,13-14H2,1-3H3/t19?,21?,24?,25-,26?/m1/s1. The molecule has 7 heteroatoms. The normalized spacial score (nSPS) is 26.3. The van der Waals surface area contributed by atoms with Crippen molar-refractivity contribution in [1.82, 2.24) is 0 Å². The summed E-state index contributed by atoms with van der Waals surface area (Å²) in [4.78, 5) is 1.99. The summed E-state index contributed by atoms with van der Waals surface area (Å²) in [5.74, 6) is -0.271. The van der Waals surface area contributed by atoms with Crippen LogP contribution in [0.1, 0.15) is 41.0 Å². The highest BCUT2D eigenvalue weighted by Crippen LogP contribution is 2.41. The molecule has 33 heavy (non-hydrogen) atoms. The molecule has 3 N–H and O–H groups in total. The van der Waals surface area contributed by atoms with Gasteiger partial charge in [0, 0.05) is 23.3 Å². The molecule has 0 bridgehead atoms. The Balaban J connectivity index is 1.70. The van der Waals surface area contributed by atoms with Crippen LogP contribution in [-0.4, -0.2) is 47.3 Å². The van der Waals surface area contributed by atoms with E-state index in [9.17, 15) is 19.7 Å². The second kappa shape index (κ2) is 9.62. The van der Waals surface area contributed by atoms with Gasteiger partial charge in [0.25, 0.3) is 0 Å². The predicted octanol–water partition coefficient (Wildman–Crippen LogP) is 4.32. The molecule has 3 aromatic rings. The van der Waals surface area contributed by atoms with Crippen LogP contribution in [0.3, 0.4) is 0 Å². The number of benzene rings is 2. The zero-order valence-electron chi connectivity index (χ0n) is 18.9. The number of thiophene rings is 1. The Kier molecular flexibility index (Phi) is 7.00. The van der Waals surface area contributed by atoms with Crippen molar-refractivity contribution in [2.45, 2.75) is 50.3 Å². The van der Waals surface area contributed by atoms with E-state index in [0.717, 1.165) is 26.4 Å². The van der Waals surface area contributed by atoms with Crippen LogP contribution >= 0.6 is 11.3 Å². The van der Waals surface area contributed by atoms with Gasteiger partial charge in [-0.1, -0.05) is 24.3 Å². The van der Waals surface area contributed by atoms with Gasteiger partial charge in [0.1, 0.15) is 23.6 Å². The second-order valence-electron chi connectivity index (χ2n) is 8.67. The lowest BCUT2D eigenvalue weighted by Gasteiger charge is -2.45. The first-order valence-electron chi connectivity index (χ1n) is 10.9. The van der Waals surface area contributed by atoms with Crippen molar-refractivity contribution in [3.63, 3.8) is 0 Å². The summed E-state index contributed by atoms with van der Waals surface area (Å²) in [6.07, 6.45) is -2.88. The molecule has 2 aromatic carbocycles. The highest BCUT2D eigenvalue weighted by molar-refractivity contribution is 7.15. The Hall–Kier alpha value is -2.13. The second-order valence-corrected chi connectivity index (χ2v) is 9.79. The van der Waals surface area contributed by atoms with Gasteiger partial charge in [0.15, 0.2) is 0 Å². The van der Waals surface area contributed by atoms with E-state index in [4.69, 9.17) is 9.47 Å². The third kappa shape index (κ3) is 4.62. The highest BCUT2D eigenvalue weighted by Gasteiger charge is 2.47. The lowest BCUT2D eigenvalue weighted by molar-refractivity contribution is -0.232. The van der Waals surface area contributed by atoms with Gasteiger partial charge in [0.2, 0.25) is 0 Å². The number of methoxy groups -OCH3 is 1. The molecular weight excluding hydrogens is 443 g/mol. The molecule has 1 saturated heterocycles. The first-order chi connectivity index (χ1) is 15.8. The van der Waals surface area contributed by atoms with E-state index in [-0.39, 0.29) is 24.9 Å². The van der Waals surface area contributed by atoms with Gasteiger partial charge in [-0.05, 0) is 66.4 Å². The minimum Gasteiger partial charge on any atom is -0.394 e. The van der Waals surface area contributed by atoms with Crippen LogP contribution in [0.15, 0.2) is 54.6 Å². The maximum Gasteiger partial charge on any atom is 0.123 e. The van der Waals surface area contributed by atoms with E-state index in [1.807, 2.05) is 37.3 Å². The van der Waals surface area contributed by atoms with Gasteiger partial charge in [-0.15, -0.1) is 11.3 Å².